The van der Waals surface area contributed by atoms with Crippen molar-refractivity contribution in [2.75, 3.05) is 0 Å². The number of rotatable bonds is 2. The van der Waals surface area contributed by atoms with E-state index in [1.807, 2.05) is 66.7 Å². The van der Waals surface area contributed by atoms with Crippen LogP contribution >= 0.6 is 0 Å². The molecular weight excluding hydrogens is 258 g/mol. The van der Waals surface area contributed by atoms with Gasteiger partial charge < -0.3 is 0 Å². The van der Waals surface area contributed by atoms with Crippen LogP contribution in [0.5, 0.6) is 0 Å². The number of nitrogens with zero attached hydrogens (tertiary/aromatic N) is 3. The van der Waals surface area contributed by atoms with Gasteiger partial charge in [-0.25, -0.2) is 4.98 Å². The first-order valence-electron chi connectivity index (χ1n) is 6.59. The number of pyridine rings is 1. The zero-order valence-corrected chi connectivity index (χ0v) is 11.3. The molecule has 3 aromatic rings. The van der Waals surface area contributed by atoms with E-state index in [1.54, 1.807) is 6.21 Å². The zero-order chi connectivity index (χ0) is 14.5. The van der Waals surface area contributed by atoms with Crippen molar-refractivity contribution in [1.82, 2.24) is 9.65 Å². The topological polar surface area (TPSA) is 50.8 Å². The van der Waals surface area contributed by atoms with Crippen molar-refractivity contribution in [3.63, 3.8) is 0 Å². The highest BCUT2D eigenvalue weighted by molar-refractivity contribution is 6.11. The number of benzene rings is 2. The van der Waals surface area contributed by atoms with E-state index in [1.165, 1.54) is 0 Å². The number of hydrogen-bond donors (Lipinski definition) is 0. The molecule has 1 heterocycles. The number of nitriles is 1. The van der Waals surface area contributed by atoms with Gasteiger partial charge in [0.25, 0.3) is 0 Å². The normalized spacial score (nSPS) is 9.67. The summed E-state index contributed by atoms with van der Waals surface area (Å²) in [4.78, 5) is 4.49. The predicted octanol–water partition coefficient (Wildman–Crippen LogP) is 2.73. The third-order valence-corrected chi connectivity index (χ3v) is 3.09. The molecule has 3 rings (SSSR count). The summed E-state index contributed by atoms with van der Waals surface area (Å²) in [7, 11) is 0. The van der Waals surface area contributed by atoms with E-state index < -0.39 is 0 Å². The molecule has 0 aliphatic carbocycles. The Morgan fingerprint density at radius 2 is 1.71 bits per heavy atom. The van der Waals surface area contributed by atoms with Crippen molar-refractivity contribution in [3.8, 4) is 6.07 Å². The molecule has 21 heavy (non-hydrogen) atoms. The first-order chi connectivity index (χ1) is 10.4. The monoisotopic (exact) mass is 270 g/mol. The molecule has 2 aromatic carbocycles. The largest absolute Gasteiger partial charge is 0.428 e. The Kier molecular flexibility index (Phi) is 3.56. The molecule has 3 nitrogen and oxygen atoms in total. The molecule has 0 aliphatic heterocycles. The van der Waals surface area contributed by atoms with Gasteiger partial charge in [-0.05, 0) is 24.3 Å². The van der Waals surface area contributed by atoms with Crippen molar-refractivity contribution < 1.29 is 0 Å². The van der Waals surface area contributed by atoms with E-state index in [-0.39, 0.29) is 0 Å². The zero-order valence-electron chi connectivity index (χ0n) is 11.3. The molecular formula is C18H12N3+. The minimum Gasteiger partial charge on any atom is -0.239 e. The van der Waals surface area contributed by atoms with Gasteiger partial charge in [-0.15, -0.1) is 0 Å². The maximum Gasteiger partial charge on any atom is 0.428 e. The number of hydrogen-bond acceptors (Lipinski definition) is 2. The van der Waals surface area contributed by atoms with Crippen LogP contribution in [0.2, 0.25) is 0 Å². The first-order valence-corrected chi connectivity index (χ1v) is 6.59. The van der Waals surface area contributed by atoms with Crippen LogP contribution < -0.4 is 4.67 Å². The fourth-order valence-electron chi connectivity index (χ4n) is 2.03. The second kappa shape index (κ2) is 5.83. The van der Waals surface area contributed by atoms with Crippen LogP contribution in [-0.4, -0.2) is 16.9 Å². The van der Waals surface area contributed by atoms with E-state index in [0.717, 1.165) is 16.5 Å². The van der Waals surface area contributed by atoms with E-state index in [9.17, 15) is 5.26 Å². The lowest BCUT2D eigenvalue weighted by Gasteiger charge is -1.95. The average Bonchev–Trinajstić information content (AvgIpc) is 2.56. The molecule has 0 N–H and O–H groups in total. The standard InChI is InChI=1S/C18H12N3/c19-12-18(20-13-14-6-2-1-3-7-14)17-11-10-15-8-4-5-9-16(15)21-17/h1-11,13H/q+1. The Balaban J connectivity index is 2.06. The van der Waals surface area contributed by atoms with Crippen molar-refractivity contribution in [3.05, 3.63) is 78.0 Å². The second-order valence-electron chi connectivity index (χ2n) is 4.52. The van der Waals surface area contributed by atoms with Gasteiger partial charge in [-0.2, -0.15) is 5.26 Å². The molecule has 1 aromatic heterocycles. The summed E-state index contributed by atoms with van der Waals surface area (Å²) in [6.07, 6.45) is 1.68. The van der Waals surface area contributed by atoms with Gasteiger partial charge in [0, 0.05) is 5.39 Å². The smallest absolute Gasteiger partial charge is 0.239 e. The van der Waals surface area contributed by atoms with E-state index in [4.69, 9.17) is 0 Å². The highest BCUT2D eigenvalue weighted by atomic mass is 14.7. The van der Waals surface area contributed by atoms with Crippen LogP contribution in [0, 0.1) is 11.3 Å². The fraction of sp³-hybridized carbons (Fsp3) is 0. The summed E-state index contributed by atoms with van der Waals surface area (Å²) in [5.74, 6) is 0. The molecule has 0 saturated heterocycles. The lowest BCUT2D eigenvalue weighted by molar-refractivity contribution is 1.36. The van der Waals surface area contributed by atoms with Gasteiger partial charge in [-0.3, -0.25) is 0 Å². The second-order valence-corrected chi connectivity index (χ2v) is 4.52. The molecule has 0 aliphatic rings. The van der Waals surface area contributed by atoms with Crippen LogP contribution in [0.3, 0.4) is 0 Å². The lowest BCUT2D eigenvalue weighted by atomic mass is 10.1. The van der Waals surface area contributed by atoms with E-state index in [2.05, 4.69) is 15.7 Å². The molecule has 0 bridgehead atoms. The first kappa shape index (κ1) is 12.8. The molecule has 0 saturated carbocycles. The quantitative estimate of drug-likeness (QED) is 0.531. The Morgan fingerprint density at radius 1 is 0.952 bits per heavy atom. The Bertz CT molecular complexity index is 883. The number of fused-ring (bicyclic) bond motifs is 1. The Hall–Kier alpha value is -3.21. The average molecular weight is 270 g/mol. The third-order valence-electron chi connectivity index (χ3n) is 3.09. The summed E-state index contributed by atoms with van der Waals surface area (Å²) >= 11 is 0. The summed E-state index contributed by atoms with van der Waals surface area (Å²) in [6.45, 7) is 0. The van der Waals surface area contributed by atoms with Crippen LogP contribution in [0.25, 0.3) is 10.9 Å². The molecule has 0 radical (unpaired) electrons. The number of para-hydroxylation sites is 1. The molecule has 0 amide bonds. The SMILES string of the molecule is N#CC(=[N+]=Cc1ccccc1)c1ccc2ccccc2n1. The summed E-state index contributed by atoms with van der Waals surface area (Å²) < 4.78 is 4.26. The molecule has 0 atom stereocenters. The minimum atomic E-state index is 0.310. The maximum absolute atomic E-state index is 9.29. The van der Waals surface area contributed by atoms with Crippen LogP contribution in [0.15, 0.2) is 66.7 Å². The molecule has 3 heteroatoms. The maximum atomic E-state index is 9.29. The van der Waals surface area contributed by atoms with Crippen molar-refractivity contribution in [1.29, 1.82) is 5.26 Å². The predicted molar refractivity (Wildman–Crippen MR) is 85.2 cm³/mol. The van der Waals surface area contributed by atoms with Gasteiger partial charge >= 0.3 is 11.9 Å². The summed E-state index contributed by atoms with van der Waals surface area (Å²) in [5, 5.41) is 10.3. The highest BCUT2D eigenvalue weighted by Gasteiger charge is 2.14. The van der Waals surface area contributed by atoms with Gasteiger partial charge in [0.15, 0.2) is 11.8 Å². The van der Waals surface area contributed by atoms with Crippen molar-refractivity contribution in [2.24, 2.45) is 0 Å². The van der Waals surface area contributed by atoms with Crippen molar-refractivity contribution in [2.45, 2.75) is 0 Å². The molecule has 98 valence electrons. The highest BCUT2D eigenvalue weighted by Crippen LogP contribution is 2.11. The molecule has 0 unspecified atom stereocenters. The van der Waals surface area contributed by atoms with Gasteiger partial charge in [0.05, 0.1) is 11.1 Å². The van der Waals surface area contributed by atoms with Crippen LogP contribution in [0.4, 0.5) is 0 Å². The van der Waals surface area contributed by atoms with Crippen LogP contribution in [0.1, 0.15) is 11.3 Å². The van der Waals surface area contributed by atoms with E-state index in [0.29, 0.717) is 11.4 Å². The van der Waals surface area contributed by atoms with Gasteiger partial charge in [-0.1, -0.05) is 47.1 Å². The molecule has 0 fully saturated rings. The Labute approximate surface area is 122 Å². The third kappa shape index (κ3) is 2.87. The summed E-state index contributed by atoms with van der Waals surface area (Å²) in [5.41, 5.74) is 2.71. The number of aromatic nitrogens is 1. The van der Waals surface area contributed by atoms with Crippen molar-refractivity contribution >= 4 is 22.8 Å². The minimum absolute atomic E-state index is 0.310. The lowest BCUT2D eigenvalue weighted by Crippen LogP contribution is -2.05. The van der Waals surface area contributed by atoms with Gasteiger partial charge in [0.1, 0.15) is 0 Å². The van der Waals surface area contributed by atoms with Crippen LogP contribution in [-0.2, 0) is 0 Å². The molecule has 0 spiro atoms. The van der Waals surface area contributed by atoms with Gasteiger partial charge in [0.2, 0.25) is 0 Å². The fourth-order valence-corrected chi connectivity index (χ4v) is 2.03. The summed E-state index contributed by atoms with van der Waals surface area (Å²) in [6, 6.07) is 23.4. The Morgan fingerprint density at radius 3 is 2.52 bits per heavy atom. The van der Waals surface area contributed by atoms with E-state index >= 15 is 0 Å².